The topological polar surface area (TPSA) is 92.8 Å². The van der Waals surface area contributed by atoms with E-state index in [0.29, 0.717) is 35.8 Å². The molecule has 170 valence electrons. The average molecular weight is 450 g/mol. The number of rotatable bonds is 7. The Kier molecular flexibility index (Phi) is 5.78. The minimum atomic E-state index is -0.399. The number of anilines is 2. The lowest BCUT2D eigenvalue weighted by molar-refractivity contribution is -0.118. The molecule has 3 aromatic rings. The highest BCUT2D eigenvalue weighted by Gasteiger charge is 2.34. The van der Waals surface area contributed by atoms with Gasteiger partial charge in [0.15, 0.2) is 6.61 Å². The van der Waals surface area contributed by atoms with E-state index in [-0.39, 0.29) is 24.4 Å². The number of pyridine rings is 1. The molecule has 3 heterocycles. The van der Waals surface area contributed by atoms with Crippen LogP contribution in [0.4, 0.5) is 20.6 Å². The van der Waals surface area contributed by atoms with Crippen molar-refractivity contribution in [1.82, 2.24) is 10.3 Å². The quantitative estimate of drug-likeness (QED) is 0.535. The normalized spacial score (nSPS) is 17.5. The minimum absolute atomic E-state index is 0.0145. The number of fused-ring (bicyclic) bond motifs is 2. The maximum absolute atomic E-state index is 13.4. The SMILES string of the molecule is O=C1COc2ccc(N3C(=O)OC[C@@H]3CCCNCc3ccc4ccc(F)cc4n3)cc2N1. The van der Waals surface area contributed by atoms with Crippen molar-refractivity contribution in [3.63, 3.8) is 0 Å². The van der Waals surface area contributed by atoms with Crippen LogP contribution >= 0.6 is 0 Å². The monoisotopic (exact) mass is 450 g/mol. The second-order valence-corrected chi connectivity index (χ2v) is 8.08. The molecule has 0 saturated carbocycles. The summed E-state index contributed by atoms with van der Waals surface area (Å²) in [5, 5.41) is 7.02. The molecular formula is C24H23FN4O4. The highest BCUT2D eigenvalue weighted by molar-refractivity contribution is 5.97. The van der Waals surface area contributed by atoms with Crippen LogP contribution in [0.1, 0.15) is 18.5 Å². The van der Waals surface area contributed by atoms with Gasteiger partial charge in [-0.15, -0.1) is 0 Å². The number of hydrogen-bond acceptors (Lipinski definition) is 6. The number of aromatic nitrogens is 1. The molecule has 8 nitrogen and oxygen atoms in total. The average Bonchev–Trinajstić information content (AvgIpc) is 3.18. The Balaban J connectivity index is 1.16. The van der Waals surface area contributed by atoms with E-state index in [4.69, 9.17) is 9.47 Å². The highest BCUT2D eigenvalue weighted by atomic mass is 19.1. The van der Waals surface area contributed by atoms with Gasteiger partial charge in [-0.2, -0.15) is 0 Å². The molecule has 0 unspecified atom stereocenters. The van der Waals surface area contributed by atoms with Gasteiger partial charge >= 0.3 is 6.09 Å². The molecule has 1 aromatic heterocycles. The number of amides is 2. The van der Waals surface area contributed by atoms with Gasteiger partial charge < -0.3 is 20.1 Å². The zero-order chi connectivity index (χ0) is 22.8. The predicted octanol–water partition coefficient (Wildman–Crippen LogP) is 3.60. The van der Waals surface area contributed by atoms with E-state index in [2.05, 4.69) is 15.6 Å². The van der Waals surface area contributed by atoms with E-state index in [1.54, 1.807) is 29.2 Å². The number of halogens is 1. The lowest BCUT2D eigenvalue weighted by atomic mass is 10.1. The van der Waals surface area contributed by atoms with Crippen LogP contribution in [0.3, 0.4) is 0 Å². The molecule has 0 radical (unpaired) electrons. The van der Waals surface area contributed by atoms with Gasteiger partial charge in [0.1, 0.15) is 18.2 Å². The van der Waals surface area contributed by atoms with E-state index < -0.39 is 6.09 Å². The molecule has 2 aliphatic heterocycles. The Labute approximate surface area is 189 Å². The molecular weight excluding hydrogens is 427 g/mol. The number of benzene rings is 2. The van der Waals surface area contributed by atoms with Crippen molar-refractivity contribution < 1.29 is 23.5 Å². The molecule has 2 aliphatic rings. The first-order valence-electron chi connectivity index (χ1n) is 10.9. The van der Waals surface area contributed by atoms with E-state index >= 15 is 0 Å². The molecule has 33 heavy (non-hydrogen) atoms. The van der Waals surface area contributed by atoms with Crippen molar-refractivity contribution in [2.24, 2.45) is 0 Å². The first-order chi connectivity index (χ1) is 16.1. The van der Waals surface area contributed by atoms with Gasteiger partial charge in [0.2, 0.25) is 0 Å². The van der Waals surface area contributed by atoms with Gasteiger partial charge in [-0.3, -0.25) is 14.7 Å². The number of carbonyl (C=O) groups is 2. The number of hydrogen-bond donors (Lipinski definition) is 2. The van der Waals surface area contributed by atoms with Crippen LogP contribution in [-0.2, 0) is 16.1 Å². The summed E-state index contributed by atoms with van der Waals surface area (Å²) in [7, 11) is 0. The van der Waals surface area contributed by atoms with Crippen LogP contribution in [0.2, 0.25) is 0 Å². The fourth-order valence-corrected chi connectivity index (χ4v) is 4.12. The van der Waals surface area contributed by atoms with Crippen molar-refractivity contribution >= 4 is 34.3 Å². The van der Waals surface area contributed by atoms with E-state index in [1.165, 1.54) is 12.1 Å². The summed E-state index contributed by atoms with van der Waals surface area (Å²) in [6.07, 6.45) is 1.17. The molecule has 0 bridgehead atoms. The van der Waals surface area contributed by atoms with E-state index in [9.17, 15) is 14.0 Å². The number of nitrogens with zero attached hydrogens (tertiary/aromatic N) is 2. The molecule has 0 aliphatic carbocycles. The molecule has 2 aromatic carbocycles. The van der Waals surface area contributed by atoms with Gasteiger partial charge in [0.05, 0.1) is 22.9 Å². The third-order valence-corrected chi connectivity index (χ3v) is 5.74. The Morgan fingerprint density at radius 1 is 1.12 bits per heavy atom. The van der Waals surface area contributed by atoms with Crippen molar-refractivity contribution in [3.05, 3.63) is 60.0 Å². The lowest BCUT2D eigenvalue weighted by Crippen LogP contribution is -2.34. The van der Waals surface area contributed by atoms with Crippen LogP contribution in [0.5, 0.6) is 5.75 Å². The first-order valence-corrected chi connectivity index (χ1v) is 10.9. The number of ether oxygens (including phenoxy) is 2. The van der Waals surface area contributed by atoms with E-state index in [1.807, 2.05) is 12.1 Å². The van der Waals surface area contributed by atoms with E-state index in [0.717, 1.165) is 30.5 Å². The summed E-state index contributed by atoms with van der Waals surface area (Å²) in [5.41, 5.74) is 2.69. The van der Waals surface area contributed by atoms with Crippen LogP contribution in [-0.4, -0.2) is 42.8 Å². The first kappa shape index (κ1) is 21.1. The zero-order valence-corrected chi connectivity index (χ0v) is 17.8. The smallest absolute Gasteiger partial charge is 0.414 e. The third kappa shape index (κ3) is 4.58. The summed E-state index contributed by atoms with van der Waals surface area (Å²) in [4.78, 5) is 30.1. The van der Waals surface area contributed by atoms with Gasteiger partial charge in [-0.05, 0) is 55.8 Å². The van der Waals surface area contributed by atoms with Gasteiger partial charge in [0, 0.05) is 23.7 Å². The van der Waals surface area contributed by atoms with Crippen molar-refractivity contribution in [1.29, 1.82) is 0 Å². The summed E-state index contributed by atoms with van der Waals surface area (Å²) in [6, 6.07) is 13.6. The number of carbonyl (C=O) groups excluding carboxylic acids is 2. The summed E-state index contributed by atoms with van der Waals surface area (Å²) < 4.78 is 24.1. The minimum Gasteiger partial charge on any atom is -0.482 e. The van der Waals surface area contributed by atoms with Crippen molar-refractivity contribution in [2.75, 3.05) is 30.0 Å². The highest BCUT2D eigenvalue weighted by Crippen LogP contribution is 2.34. The Hall–Kier alpha value is -3.72. The van der Waals surface area contributed by atoms with Crippen LogP contribution < -0.4 is 20.3 Å². The van der Waals surface area contributed by atoms with Crippen LogP contribution in [0.25, 0.3) is 10.9 Å². The van der Waals surface area contributed by atoms with Crippen molar-refractivity contribution in [3.8, 4) is 5.75 Å². The summed E-state index contributed by atoms with van der Waals surface area (Å²) in [6.45, 7) is 1.60. The molecule has 2 N–H and O–H groups in total. The molecule has 1 fully saturated rings. The Morgan fingerprint density at radius 2 is 2.00 bits per heavy atom. The maximum atomic E-state index is 13.4. The molecule has 1 atom stereocenters. The second-order valence-electron chi connectivity index (χ2n) is 8.08. The Morgan fingerprint density at radius 3 is 2.91 bits per heavy atom. The predicted molar refractivity (Wildman–Crippen MR) is 121 cm³/mol. The van der Waals surface area contributed by atoms with Gasteiger partial charge in [-0.25, -0.2) is 9.18 Å². The summed E-state index contributed by atoms with van der Waals surface area (Å²) in [5.74, 6) is 0.0563. The Bertz CT molecular complexity index is 1220. The van der Waals surface area contributed by atoms with Crippen molar-refractivity contribution in [2.45, 2.75) is 25.4 Å². The lowest BCUT2D eigenvalue weighted by Gasteiger charge is -2.24. The maximum Gasteiger partial charge on any atom is 0.414 e. The molecule has 0 spiro atoms. The van der Waals surface area contributed by atoms with Gasteiger partial charge in [0.25, 0.3) is 5.91 Å². The number of cyclic esters (lactones) is 1. The largest absolute Gasteiger partial charge is 0.482 e. The molecule has 5 rings (SSSR count). The molecule has 9 heteroatoms. The molecule has 2 amide bonds. The zero-order valence-electron chi connectivity index (χ0n) is 17.8. The fourth-order valence-electron chi connectivity index (χ4n) is 4.12. The van der Waals surface area contributed by atoms with Crippen LogP contribution in [0.15, 0.2) is 48.5 Å². The molecule has 1 saturated heterocycles. The number of nitrogens with one attached hydrogen (secondary N) is 2. The standard InChI is InChI=1S/C24H23FN4O4/c25-16-5-3-15-4-6-17(27-20(15)10-16)12-26-9-1-2-19-13-33-24(31)29(19)18-7-8-22-21(11-18)28-23(30)14-32-22/h3-8,10-11,19,26H,1-2,9,12-14H2,(H,28,30)/t19-/m0/s1. The van der Waals surface area contributed by atoms with Gasteiger partial charge in [-0.1, -0.05) is 6.07 Å². The third-order valence-electron chi connectivity index (χ3n) is 5.74. The second kappa shape index (κ2) is 9.03. The fraction of sp³-hybridized carbons (Fsp3) is 0.292. The van der Waals surface area contributed by atoms with Crippen LogP contribution in [0, 0.1) is 5.82 Å². The summed E-state index contributed by atoms with van der Waals surface area (Å²) >= 11 is 0.